The van der Waals surface area contributed by atoms with Gasteiger partial charge in [0.1, 0.15) is 24.3 Å². The van der Waals surface area contributed by atoms with Crippen LogP contribution >= 0.6 is 11.3 Å². The maximum absolute atomic E-state index is 12.1. The summed E-state index contributed by atoms with van der Waals surface area (Å²) in [6.07, 6.45) is 10.9. The molecule has 0 aliphatic rings. The van der Waals surface area contributed by atoms with Crippen molar-refractivity contribution < 1.29 is 28.7 Å². The highest BCUT2D eigenvalue weighted by atomic mass is 32.1. The average molecular weight is 674 g/mol. The average Bonchev–Trinajstić information content (AvgIpc) is 3.50. The summed E-state index contributed by atoms with van der Waals surface area (Å²) in [7, 11) is 1.71. The number of hydrogen-bond acceptors (Lipinski definition) is 8. The minimum absolute atomic E-state index is 0.0417. The highest BCUT2D eigenvalue weighted by Gasteiger charge is 2.18. The van der Waals surface area contributed by atoms with E-state index in [1.165, 1.54) is 56.8 Å². The number of hydrogen-bond donors (Lipinski definition) is 2. The molecule has 10 heteroatoms. The SMILES string of the molecule is C=C(NC(=O)c1csc(CCC)n1)C(=O)NC(=C)C(=O)OCc1ccccc1.CC=O.CCCC(CCC)CCC.COC(C)(C)C. The van der Waals surface area contributed by atoms with E-state index >= 15 is 0 Å². The molecule has 1 aromatic carbocycles. The van der Waals surface area contributed by atoms with E-state index in [0.29, 0.717) is 0 Å². The molecular formula is C37H59N3O6S. The summed E-state index contributed by atoms with van der Waals surface area (Å²) in [5.41, 5.74) is 0.572. The zero-order valence-electron chi connectivity index (χ0n) is 30.2. The van der Waals surface area contributed by atoms with Crippen LogP contribution in [0, 0.1) is 5.92 Å². The number of thiazole rings is 1. The first-order chi connectivity index (χ1) is 22.2. The molecule has 0 spiro atoms. The Kier molecular flexibility index (Phi) is 26.6. The second-order valence-electron chi connectivity index (χ2n) is 11.6. The van der Waals surface area contributed by atoms with Crippen LogP contribution in [0.4, 0.5) is 0 Å². The second-order valence-corrected chi connectivity index (χ2v) is 12.5. The molecule has 0 radical (unpaired) electrons. The van der Waals surface area contributed by atoms with Gasteiger partial charge in [-0.25, -0.2) is 9.78 Å². The predicted molar refractivity (Wildman–Crippen MR) is 193 cm³/mol. The molecule has 2 aromatic rings. The Morgan fingerprint density at radius 2 is 1.43 bits per heavy atom. The number of amides is 2. The van der Waals surface area contributed by atoms with Crippen molar-refractivity contribution >= 4 is 35.4 Å². The number of ether oxygens (including phenoxy) is 2. The molecule has 0 aliphatic heterocycles. The summed E-state index contributed by atoms with van der Waals surface area (Å²) in [5, 5.41) is 7.08. The Morgan fingerprint density at radius 1 is 0.915 bits per heavy atom. The maximum atomic E-state index is 12.1. The fourth-order valence-corrected chi connectivity index (χ4v) is 4.61. The van der Waals surface area contributed by atoms with Crippen molar-refractivity contribution in [3.05, 3.63) is 76.5 Å². The van der Waals surface area contributed by atoms with Crippen LogP contribution in [0.25, 0.3) is 0 Å². The minimum Gasteiger partial charge on any atom is -0.456 e. The van der Waals surface area contributed by atoms with Gasteiger partial charge in [0, 0.05) is 12.5 Å². The van der Waals surface area contributed by atoms with Crippen LogP contribution in [0.5, 0.6) is 0 Å². The van der Waals surface area contributed by atoms with E-state index in [0.717, 1.165) is 35.6 Å². The Bertz CT molecular complexity index is 1170. The lowest BCUT2D eigenvalue weighted by atomic mass is 9.94. The zero-order chi connectivity index (χ0) is 36.3. The van der Waals surface area contributed by atoms with Gasteiger partial charge in [-0.3, -0.25) is 9.59 Å². The maximum Gasteiger partial charge on any atom is 0.354 e. The topological polar surface area (TPSA) is 124 Å². The van der Waals surface area contributed by atoms with Gasteiger partial charge in [-0.15, -0.1) is 11.3 Å². The number of aromatic nitrogens is 1. The van der Waals surface area contributed by atoms with Gasteiger partial charge in [-0.2, -0.15) is 0 Å². The first-order valence-electron chi connectivity index (χ1n) is 16.3. The summed E-state index contributed by atoms with van der Waals surface area (Å²) < 4.78 is 10.0. The highest BCUT2D eigenvalue weighted by Crippen LogP contribution is 2.18. The molecule has 0 bridgehead atoms. The predicted octanol–water partition coefficient (Wildman–Crippen LogP) is 8.35. The molecule has 2 N–H and O–H groups in total. The Morgan fingerprint density at radius 3 is 1.87 bits per heavy atom. The van der Waals surface area contributed by atoms with E-state index in [4.69, 9.17) is 14.3 Å². The first kappa shape index (κ1) is 45.5. The highest BCUT2D eigenvalue weighted by molar-refractivity contribution is 7.09. The molecular weight excluding hydrogens is 614 g/mol. The third-order valence-electron chi connectivity index (χ3n) is 6.21. The van der Waals surface area contributed by atoms with Crippen LogP contribution in [-0.4, -0.2) is 41.8 Å². The smallest absolute Gasteiger partial charge is 0.354 e. The summed E-state index contributed by atoms with van der Waals surface area (Å²) in [5.74, 6) is -1.06. The molecule has 2 amide bonds. The molecule has 0 fully saturated rings. The molecule has 0 saturated heterocycles. The molecule has 0 atom stereocenters. The lowest BCUT2D eigenvalue weighted by Crippen LogP contribution is -2.35. The van der Waals surface area contributed by atoms with Crippen LogP contribution in [-0.2, 0) is 36.9 Å². The Hall–Kier alpha value is -3.63. The van der Waals surface area contributed by atoms with Crippen LogP contribution in [0.2, 0.25) is 0 Å². The number of methoxy groups -OCH3 is 1. The fraction of sp³-hybridized carbons (Fsp3) is 0.541. The van der Waals surface area contributed by atoms with Gasteiger partial charge >= 0.3 is 5.97 Å². The van der Waals surface area contributed by atoms with Gasteiger partial charge < -0.3 is 24.9 Å². The number of benzene rings is 1. The summed E-state index contributed by atoms with van der Waals surface area (Å²) >= 11 is 1.38. The molecule has 0 unspecified atom stereocenters. The van der Waals surface area contributed by atoms with Crippen molar-refractivity contribution in [1.29, 1.82) is 0 Å². The molecule has 1 aromatic heterocycles. The number of rotatable bonds is 15. The number of carbonyl (C=O) groups excluding carboxylic acids is 4. The third-order valence-corrected chi connectivity index (χ3v) is 7.12. The first-order valence-corrected chi connectivity index (χ1v) is 17.2. The van der Waals surface area contributed by atoms with Crippen molar-refractivity contribution in [3.63, 3.8) is 0 Å². The monoisotopic (exact) mass is 673 g/mol. The normalized spacial score (nSPS) is 10.1. The number of nitrogens with zero attached hydrogens (tertiary/aromatic N) is 1. The zero-order valence-corrected chi connectivity index (χ0v) is 31.0. The Balaban J connectivity index is 0. The Labute approximate surface area is 287 Å². The van der Waals surface area contributed by atoms with E-state index in [-0.39, 0.29) is 29.3 Å². The minimum atomic E-state index is -0.778. The number of nitrogens with one attached hydrogen (secondary N) is 2. The van der Waals surface area contributed by atoms with E-state index in [1.54, 1.807) is 24.6 Å². The summed E-state index contributed by atoms with van der Waals surface area (Å²) in [4.78, 5) is 49.2. The van der Waals surface area contributed by atoms with E-state index in [9.17, 15) is 14.4 Å². The fourth-order valence-electron chi connectivity index (χ4n) is 3.73. The molecule has 0 aliphatic carbocycles. The molecule has 9 nitrogen and oxygen atoms in total. The lowest BCUT2D eigenvalue weighted by Gasteiger charge is -2.14. The standard InChI is InChI=1S/C20H21N3O4S.C10H22.C5H12O.C2H4O/c1-4-8-17-23-16(12-28-17)19(25)21-13(2)18(24)22-14(3)20(26)27-11-15-9-6-5-7-10-15;1-4-7-10(8-5-2)9-6-3;1-5(2,3)6-4;1-2-3/h5-7,9-10,12H,2-4,8,11H2,1H3,(H,21,25)(H,22,24);10H,4-9H2,1-3H3;1-4H3;2H,1H3. The van der Waals surface area contributed by atoms with Gasteiger partial charge in [0.25, 0.3) is 11.8 Å². The molecule has 2 rings (SSSR count). The van der Waals surface area contributed by atoms with Crippen molar-refractivity contribution in [3.8, 4) is 0 Å². The van der Waals surface area contributed by atoms with Gasteiger partial charge in [-0.1, -0.05) is 110 Å². The largest absolute Gasteiger partial charge is 0.456 e. The van der Waals surface area contributed by atoms with Crippen molar-refractivity contribution in [2.24, 2.45) is 5.92 Å². The van der Waals surface area contributed by atoms with E-state index < -0.39 is 17.8 Å². The number of aldehydes is 1. The van der Waals surface area contributed by atoms with Gasteiger partial charge in [0.2, 0.25) is 0 Å². The van der Waals surface area contributed by atoms with Gasteiger partial charge in [-0.05, 0) is 52.0 Å². The van der Waals surface area contributed by atoms with Crippen LogP contribution in [0.15, 0.2) is 60.3 Å². The molecule has 264 valence electrons. The van der Waals surface area contributed by atoms with Gasteiger partial charge in [0.05, 0.1) is 16.3 Å². The number of aryl methyl sites for hydroxylation is 1. The summed E-state index contributed by atoms with van der Waals surface area (Å²) in [6.45, 7) is 23.4. The van der Waals surface area contributed by atoms with Crippen LogP contribution in [0.1, 0.15) is 121 Å². The quantitative estimate of drug-likeness (QED) is 0.111. The lowest BCUT2D eigenvalue weighted by molar-refractivity contribution is -0.141. The third kappa shape index (κ3) is 24.2. The summed E-state index contributed by atoms with van der Waals surface area (Å²) in [6, 6.07) is 9.09. The van der Waals surface area contributed by atoms with E-state index in [2.05, 4.69) is 49.5 Å². The molecule has 1 heterocycles. The number of carbonyl (C=O) groups is 4. The number of esters is 1. The van der Waals surface area contributed by atoms with Crippen molar-refractivity contribution in [1.82, 2.24) is 15.6 Å². The van der Waals surface area contributed by atoms with E-state index in [1.807, 2.05) is 45.9 Å². The van der Waals surface area contributed by atoms with Gasteiger partial charge in [0.15, 0.2) is 0 Å². The van der Waals surface area contributed by atoms with Crippen molar-refractivity contribution in [2.45, 2.75) is 119 Å². The molecule has 0 saturated carbocycles. The second kappa shape index (κ2) is 27.5. The van der Waals surface area contributed by atoms with Crippen LogP contribution in [0.3, 0.4) is 0 Å². The molecule has 47 heavy (non-hydrogen) atoms. The van der Waals surface area contributed by atoms with Crippen LogP contribution < -0.4 is 10.6 Å². The van der Waals surface area contributed by atoms with Crippen molar-refractivity contribution in [2.75, 3.05) is 7.11 Å².